The van der Waals surface area contributed by atoms with Crippen LogP contribution in [0.2, 0.25) is 0 Å². The van der Waals surface area contributed by atoms with Gasteiger partial charge in [0, 0.05) is 161 Å². The monoisotopic (exact) mass is 997 g/mol. The second kappa shape index (κ2) is 19.5. The van der Waals surface area contributed by atoms with Crippen molar-refractivity contribution in [1.82, 2.24) is 28.9 Å². The molecule has 73 heavy (non-hydrogen) atoms. The zero-order chi connectivity index (χ0) is 50.9. The maximum Gasteiger partial charge on any atom is 0.490 e. The number of hydroxylamine groups is 2. The van der Waals surface area contributed by atoms with Crippen molar-refractivity contribution in [3.63, 3.8) is 0 Å². The molecule has 2 aromatic carbocycles. The molecule has 6 aliphatic heterocycles. The molecular formula is C56H66F2N10O5+2. The Morgan fingerprint density at radius 2 is 1.75 bits per heavy atom. The number of quaternary nitrogens is 1. The van der Waals surface area contributed by atoms with E-state index in [2.05, 4.69) is 45.8 Å². The summed E-state index contributed by atoms with van der Waals surface area (Å²) in [6, 6.07) is 9.19. The normalized spacial score (nSPS) is 24.1. The summed E-state index contributed by atoms with van der Waals surface area (Å²) in [7, 11) is 1.77. The summed E-state index contributed by atoms with van der Waals surface area (Å²) in [4.78, 5) is 65.3. The Morgan fingerprint density at radius 3 is 2.51 bits per heavy atom. The number of aromatic nitrogens is 2. The third kappa shape index (κ3) is 9.05. The minimum Gasteiger partial charge on any atom is -0.625 e. The average Bonchev–Trinajstić information content (AvgIpc) is 3.97. The van der Waals surface area contributed by atoms with Crippen molar-refractivity contribution in [2.75, 3.05) is 89.4 Å². The van der Waals surface area contributed by atoms with Gasteiger partial charge in [-0.3, -0.25) is 28.7 Å². The number of hydrogen-bond donors (Lipinski definition) is 1. The zero-order valence-corrected chi connectivity index (χ0v) is 42.4. The largest absolute Gasteiger partial charge is 0.625 e. The standard InChI is InChI=1S/C56H65F2N10O5/c1-35-27-48-44(49(8-15-60-48)66-21-13-47-42(55(66)70)7-14-59-47)30-43(35)37(3)64-19-11-39(12-20-64)53-36(2)26-40(28-46(53)58)54(69)65-17-9-38(10-18-65)32-62-22-24-63(25-23-62)33-41-29-50-52(31-45(41)57)68(73,34-61(50)4)51-6-5-16-67(72)56(51)71/h8,11,13,15,19,21,26,28-31,35,37-38,51H,5-7,9-10,12,14,16-18,20,22-25,27,32-34H2,1-4H3/q+1/p+1/t35?,37-,51?,68?/m0/s1. The van der Waals surface area contributed by atoms with E-state index in [9.17, 15) is 24.5 Å². The van der Waals surface area contributed by atoms with Crippen LogP contribution in [0, 0.1) is 40.5 Å². The van der Waals surface area contributed by atoms with Crippen LogP contribution < -0.4 is 20.4 Å². The number of rotatable bonds is 10. The Bertz CT molecular complexity index is 3060. The number of nitrogens with one attached hydrogen (secondary N) is 1. The number of amides is 2. The number of benzene rings is 2. The van der Waals surface area contributed by atoms with Crippen molar-refractivity contribution in [2.45, 2.75) is 84.3 Å². The van der Waals surface area contributed by atoms with Crippen LogP contribution in [0.5, 0.6) is 0 Å². The number of aryl methyl sites for hydroxylation is 1. The number of hydrogen-bond acceptors (Lipinski definition) is 10. The molecule has 4 aromatic rings. The molecule has 4 atom stereocenters. The average molecular weight is 997 g/mol. The fourth-order valence-corrected chi connectivity index (χ4v) is 12.9. The first-order valence-corrected chi connectivity index (χ1v) is 26.3. The number of anilines is 2. The van der Waals surface area contributed by atoms with Gasteiger partial charge in [0.2, 0.25) is 12.6 Å². The van der Waals surface area contributed by atoms with Crippen LogP contribution in [0.25, 0.3) is 17.3 Å². The number of carbonyl (C=O) groups excluding carboxylic acids is 2. The van der Waals surface area contributed by atoms with Crippen LogP contribution in [0.15, 0.2) is 65.2 Å². The number of piperidine rings is 2. The second-order valence-corrected chi connectivity index (χ2v) is 21.6. The van der Waals surface area contributed by atoms with Crippen LogP contribution in [-0.2, 0) is 24.2 Å². The number of pyridine rings is 2. The van der Waals surface area contributed by atoms with Crippen LogP contribution in [-0.4, -0.2) is 143 Å². The van der Waals surface area contributed by atoms with Crippen LogP contribution in [0.3, 0.4) is 0 Å². The highest BCUT2D eigenvalue weighted by Gasteiger charge is 2.52. The molecule has 3 unspecified atom stereocenters. The molecule has 3 fully saturated rings. The van der Waals surface area contributed by atoms with E-state index in [1.54, 1.807) is 28.8 Å². The summed E-state index contributed by atoms with van der Waals surface area (Å²) < 4.78 is 35.3. The number of fused-ring (bicyclic) bond motifs is 3. The predicted octanol–water partition coefficient (Wildman–Crippen LogP) is 6.67. The Hall–Kier alpha value is -6.27. The van der Waals surface area contributed by atoms with Crippen LogP contribution in [0.1, 0.15) is 89.8 Å². The third-order valence-electron chi connectivity index (χ3n) is 17.0. The first kappa shape index (κ1) is 49.0. The Morgan fingerprint density at radius 1 is 0.973 bits per heavy atom. The van der Waals surface area contributed by atoms with E-state index < -0.39 is 22.4 Å². The lowest BCUT2D eigenvalue weighted by atomic mass is 9.83. The molecule has 0 bridgehead atoms. The molecule has 2 amide bonds. The van der Waals surface area contributed by atoms with Crippen molar-refractivity contribution < 1.29 is 27.7 Å². The molecule has 7 aliphatic rings. The lowest BCUT2D eigenvalue weighted by Gasteiger charge is -2.42. The molecule has 382 valence electrons. The molecule has 11 rings (SSSR count). The summed E-state index contributed by atoms with van der Waals surface area (Å²) in [5, 5.41) is 17.4. The Kier molecular flexibility index (Phi) is 13.1. The molecule has 17 heteroatoms. The highest BCUT2D eigenvalue weighted by atomic mass is 19.1. The Balaban J connectivity index is 0.680. The number of halogens is 2. The summed E-state index contributed by atoms with van der Waals surface area (Å²) in [5.41, 5.74) is 9.73. The molecule has 0 spiro atoms. The lowest BCUT2D eigenvalue weighted by Crippen LogP contribution is -2.60. The van der Waals surface area contributed by atoms with Crippen molar-refractivity contribution in [1.29, 1.82) is 0 Å². The fraction of sp³-hybridized carbons (Fsp3) is 0.482. The minimum atomic E-state index is -1.07. The second-order valence-electron chi connectivity index (χ2n) is 21.6. The predicted molar refractivity (Wildman–Crippen MR) is 279 cm³/mol. The van der Waals surface area contributed by atoms with E-state index in [0.717, 1.165) is 97.9 Å². The molecular weight excluding hydrogens is 931 g/mol. The van der Waals surface area contributed by atoms with Gasteiger partial charge in [-0.1, -0.05) is 6.92 Å². The summed E-state index contributed by atoms with van der Waals surface area (Å²) >= 11 is 0. The van der Waals surface area contributed by atoms with Gasteiger partial charge in [-0.15, -0.1) is 0 Å². The molecule has 2 aromatic heterocycles. The van der Waals surface area contributed by atoms with Gasteiger partial charge in [0.1, 0.15) is 23.9 Å². The highest BCUT2D eigenvalue weighted by Crippen LogP contribution is 2.45. The van der Waals surface area contributed by atoms with Gasteiger partial charge in [0.25, 0.3) is 11.5 Å². The Labute approximate surface area is 424 Å². The maximum absolute atomic E-state index is 16.2. The van der Waals surface area contributed by atoms with Gasteiger partial charge < -0.3 is 25.2 Å². The van der Waals surface area contributed by atoms with Gasteiger partial charge in [0.15, 0.2) is 24.6 Å². The van der Waals surface area contributed by atoms with E-state index in [0.29, 0.717) is 84.9 Å². The minimum absolute atomic E-state index is 0.00728. The van der Waals surface area contributed by atoms with Crippen molar-refractivity contribution in [2.24, 2.45) is 11.8 Å². The molecule has 0 radical (unpaired) electrons. The number of likely N-dealkylation sites (tertiary alicyclic amines) is 1. The SMILES string of the molecule is Cc1cc(C(=O)N2CCC(CN3CCN(Cc4cc5c(cc4F)[N+]([O-])(C4CCC[N+](=O)C4=O)CN5C)CC3)CC2)cc(F)c1C1=CC=[N+]([C@@H](C)C2=Cc3c(-n4ccc5c(c4=O)CCN5)ccnc3CC2C)CC1. The fourth-order valence-electron chi connectivity index (χ4n) is 12.9. The molecule has 15 nitrogen and oxygen atoms in total. The lowest BCUT2D eigenvalue weighted by molar-refractivity contribution is -0.548. The third-order valence-corrected chi connectivity index (χ3v) is 17.0. The van der Waals surface area contributed by atoms with Crippen molar-refractivity contribution in [3.8, 4) is 5.69 Å². The van der Waals surface area contributed by atoms with Crippen molar-refractivity contribution >= 4 is 46.7 Å². The van der Waals surface area contributed by atoms with Gasteiger partial charge >= 0.3 is 5.91 Å². The summed E-state index contributed by atoms with van der Waals surface area (Å²) in [6.45, 7) is 13.6. The molecule has 1 N–H and O–H groups in total. The molecule has 8 heterocycles. The number of piperazine rings is 1. The van der Waals surface area contributed by atoms with E-state index in [1.807, 2.05) is 42.3 Å². The number of nitrogens with zero attached hydrogens (tertiary/aromatic N) is 9. The van der Waals surface area contributed by atoms with E-state index in [1.165, 1.54) is 17.7 Å². The number of nitroso groups, excluding NO2 is 1. The summed E-state index contributed by atoms with van der Waals surface area (Å²) in [5.74, 6) is -1.04. The summed E-state index contributed by atoms with van der Waals surface area (Å²) in [6.07, 6.45) is 14.6. The molecule has 1 aliphatic carbocycles. The van der Waals surface area contributed by atoms with Gasteiger partial charge in [-0.2, -0.15) is 0 Å². The highest BCUT2D eigenvalue weighted by molar-refractivity contribution is 5.95. The smallest absolute Gasteiger partial charge is 0.490 e. The van der Waals surface area contributed by atoms with Crippen LogP contribution in [0.4, 0.5) is 25.8 Å². The number of allylic oxidation sites excluding steroid dienone is 1. The van der Waals surface area contributed by atoms with Gasteiger partial charge in [-0.25, -0.2) is 18.2 Å². The zero-order valence-electron chi connectivity index (χ0n) is 42.4. The topological polar surface area (TPSA) is 140 Å². The molecule has 3 saturated heterocycles. The molecule has 0 saturated carbocycles. The van der Waals surface area contributed by atoms with E-state index in [-0.39, 0.29) is 48.1 Å². The van der Waals surface area contributed by atoms with E-state index >= 15 is 8.78 Å². The van der Waals surface area contributed by atoms with E-state index in [4.69, 9.17) is 4.98 Å². The van der Waals surface area contributed by atoms with Crippen molar-refractivity contribution in [3.05, 3.63) is 132 Å². The first-order chi connectivity index (χ1) is 35.1. The van der Waals surface area contributed by atoms with Gasteiger partial charge in [0.05, 0.1) is 16.1 Å². The maximum atomic E-state index is 16.2. The number of carbonyl (C=O) groups is 2. The quantitative estimate of drug-likeness (QED) is 0.104. The van der Waals surface area contributed by atoms with Crippen LogP contribution >= 0.6 is 0 Å². The first-order valence-electron chi connectivity index (χ1n) is 26.3. The van der Waals surface area contributed by atoms with Gasteiger partial charge in [-0.05, 0) is 92.0 Å².